The Labute approximate surface area is 122 Å². The van der Waals surface area contributed by atoms with Crippen LogP contribution in [-0.4, -0.2) is 11.7 Å². The quantitative estimate of drug-likeness (QED) is 0.902. The Kier molecular flexibility index (Phi) is 4.70. The first-order valence-electron chi connectivity index (χ1n) is 5.97. The molecule has 0 saturated carbocycles. The monoisotopic (exact) mass is 296 g/mol. The van der Waals surface area contributed by atoms with E-state index in [-0.39, 0.29) is 0 Å². The van der Waals surface area contributed by atoms with Gasteiger partial charge in [0.15, 0.2) is 0 Å². The number of halogens is 2. The Morgan fingerprint density at radius 3 is 2.63 bits per heavy atom. The second-order valence-electron chi connectivity index (χ2n) is 4.07. The fourth-order valence-electron chi connectivity index (χ4n) is 1.84. The lowest BCUT2D eigenvalue weighted by molar-refractivity contribution is 0.219. The minimum absolute atomic E-state index is 0.446. The van der Waals surface area contributed by atoms with E-state index in [0.717, 1.165) is 11.3 Å². The molecule has 0 aromatic heterocycles. The van der Waals surface area contributed by atoms with Gasteiger partial charge in [-0.25, -0.2) is 0 Å². The molecule has 1 N–H and O–H groups in total. The molecule has 2 aromatic carbocycles. The van der Waals surface area contributed by atoms with Crippen LogP contribution in [0.4, 0.5) is 0 Å². The molecular weight excluding hydrogens is 283 g/mol. The van der Waals surface area contributed by atoms with Gasteiger partial charge >= 0.3 is 0 Å². The van der Waals surface area contributed by atoms with Crippen LogP contribution in [0.25, 0.3) is 0 Å². The Hall–Kier alpha value is -1.22. The number of hydrogen-bond acceptors (Lipinski definition) is 2. The van der Waals surface area contributed by atoms with E-state index in [9.17, 15) is 5.11 Å². The van der Waals surface area contributed by atoms with E-state index < -0.39 is 6.10 Å². The molecule has 0 bridgehead atoms. The second-order valence-corrected chi connectivity index (χ2v) is 4.92. The van der Waals surface area contributed by atoms with Crippen molar-refractivity contribution in [2.45, 2.75) is 13.0 Å². The topological polar surface area (TPSA) is 29.5 Å². The molecule has 2 nitrogen and oxygen atoms in total. The molecule has 19 heavy (non-hydrogen) atoms. The van der Waals surface area contributed by atoms with Gasteiger partial charge in [0, 0.05) is 15.6 Å². The van der Waals surface area contributed by atoms with Crippen LogP contribution in [0.15, 0.2) is 42.5 Å². The van der Waals surface area contributed by atoms with E-state index in [1.807, 2.05) is 25.1 Å². The maximum atomic E-state index is 10.4. The van der Waals surface area contributed by atoms with Crippen molar-refractivity contribution >= 4 is 23.2 Å². The summed E-state index contributed by atoms with van der Waals surface area (Å²) in [5.41, 5.74) is 1.36. The maximum Gasteiger partial charge on any atom is 0.119 e. The summed E-state index contributed by atoms with van der Waals surface area (Å²) >= 11 is 11.9. The fourth-order valence-corrected chi connectivity index (χ4v) is 2.36. The average molecular weight is 297 g/mol. The summed E-state index contributed by atoms with van der Waals surface area (Å²) < 4.78 is 5.42. The highest BCUT2D eigenvalue weighted by Crippen LogP contribution is 2.31. The van der Waals surface area contributed by atoms with Crippen molar-refractivity contribution in [1.82, 2.24) is 0 Å². The van der Waals surface area contributed by atoms with Gasteiger partial charge in [-0.15, -0.1) is 0 Å². The molecule has 0 aliphatic heterocycles. The highest BCUT2D eigenvalue weighted by molar-refractivity contribution is 6.35. The molecule has 4 heteroatoms. The molecule has 0 heterocycles. The van der Waals surface area contributed by atoms with E-state index in [2.05, 4.69) is 0 Å². The number of benzene rings is 2. The Morgan fingerprint density at radius 2 is 1.95 bits per heavy atom. The smallest absolute Gasteiger partial charge is 0.119 e. The molecule has 0 spiro atoms. The van der Waals surface area contributed by atoms with Crippen molar-refractivity contribution < 1.29 is 9.84 Å². The molecule has 0 fully saturated rings. The largest absolute Gasteiger partial charge is 0.494 e. The maximum absolute atomic E-state index is 10.4. The van der Waals surface area contributed by atoms with Crippen molar-refractivity contribution in [3.63, 3.8) is 0 Å². The molecule has 0 aliphatic carbocycles. The van der Waals surface area contributed by atoms with Crippen LogP contribution >= 0.6 is 23.2 Å². The van der Waals surface area contributed by atoms with Crippen molar-refractivity contribution in [3.05, 3.63) is 63.6 Å². The summed E-state index contributed by atoms with van der Waals surface area (Å²) in [5, 5.41) is 11.4. The zero-order chi connectivity index (χ0) is 13.8. The van der Waals surface area contributed by atoms with Gasteiger partial charge in [0.1, 0.15) is 11.9 Å². The first-order valence-corrected chi connectivity index (χ1v) is 6.73. The standard InChI is InChI=1S/C15H14Cl2O2/c1-2-19-12-5-3-4-10(8-12)15(18)13-7-6-11(16)9-14(13)17/h3-9,15,18H,2H2,1H3. The van der Waals surface area contributed by atoms with Gasteiger partial charge in [-0.3, -0.25) is 0 Å². The summed E-state index contributed by atoms with van der Waals surface area (Å²) in [6, 6.07) is 12.4. The lowest BCUT2D eigenvalue weighted by Gasteiger charge is -2.14. The molecule has 100 valence electrons. The Morgan fingerprint density at radius 1 is 1.16 bits per heavy atom. The van der Waals surface area contributed by atoms with Crippen LogP contribution in [-0.2, 0) is 0 Å². The highest BCUT2D eigenvalue weighted by atomic mass is 35.5. The third-order valence-electron chi connectivity index (χ3n) is 2.74. The predicted octanol–water partition coefficient (Wildman–Crippen LogP) is 4.47. The summed E-state index contributed by atoms with van der Waals surface area (Å²) in [5.74, 6) is 0.726. The zero-order valence-electron chi connectivity index (χ0n) is 10.4. The van der Waals surface area contributed by atoms with Gasteiger partial charge in [0.05, 0.1) is 6.61 Å². The minimum atomic E-state index is -0.801. The van der Waals surface area contributed by atoms with Crippen molar-refractivity contribution in [3.8, 4) is 5.75 Å². The van der Waals surface area contributed by atoms with Gasteiger partial charge in [-0.1, -0.05) is 41.4 Å². The fraction of sp³-hybridized carbons (Fsp3) is 0.200. The summed E-state index contributed by atoms with van der Waals surface area (Å²) in [4.78, 5) is 0. The second kappa shape index (κ2) is 6.29. The molecule has 0 saturated heterocycles. The lowest BCUT2D eigenvalue weighted by atomic mass is 10.0. The van der Waals surface area contributed by atoms with Crippen LogP contribution in [0.2, 0.25) is 10.0 Å². The Bertz CT molecular complexity index is 570. The molecular formula is C15H14Cl2O2. The zero-order valence-corrected chi connectivity index (χ0v) is 11.9. The minimum Gasteiger partial charge on any atom is -0.494 e. The van der Waals surface area contributed by atoms with E-state index >= 15 is 0 Å². The lowest BCUT2D eigenvalue weighted by Crippen LogP contribution is -2.01. The molecule has 0 amide bonds. The first-order chi connectivity index (χ1) is 9.11. The first kappa shape index (κ1) is 14.2. The summed E-state index contributed by atoms with van der Waals surface area (Å²) in [7, 11) is 0. The van der Waals surface area contributed by atoms with Crippen molar-refractivity contribution in [1.29, 1.82) is 0 Å². The molecule has 0 aliphatic rings. The number of aliphatic hydroxyl groups is 1. The highest BCUT2D eigenvalue weighted by Gasteiger charge is 2.14. The van der Waals surface area contributed by atoms with Gasteiger partial charge in [0.2, 0.25) is 0 Å². The third-order valence-corrected chi connectivity index (χ3v) is 3.30. The molecule has 0 radical (unpaired) electrons. The van der Waals surface area contributed by atoms with Crippen molar-refractivity contribution in [2.24, 2.45) is 0 Å². The van der Waals surface area contributed by atoms with Gasteiger partial charge in [0.25, 0.3) is 0 Å². The normalized spacial score (nSPS) is 12.2. The Balaban J connectivity index is 2.32. The average Bonchev–Trinajstić information content (AvgIpc) is 2.39. The van der Waals surface area contributed by atoms with E-state index in [1.165, 1.54) is 0 Å². The van der Waals surface area contributed by atoms with Gasteiger partial charge in [-0.05, 0) is 36.8 Å². The number of rotatable bonds is 4. The van der Waals surface area contributed by atoms with Crippen LogP contribution in [0.5, 0.6) is 5.75 Å². The summed E-state index contributed by atoms with van der Waals surface area (Å²) in [6.45, 7) is 2.50. The van der Waals surface area contributed by atoms with Gasteiger partial charge in [-0.2, -0.15) is 0 Å². The van der Waals surface area contributed by atoms with Crippen molar-refractivity contribution in [2.75, 3.05) is 6.61 Å². The molecule has 2 rings (SSSR count). The van der Waals surface area contributed by atoms with Crippen LogP contribution in [0, 0.1) is 0 Å². The van der Waals surface area contributed by atoms with Crippen LogP contribution < -0.4 is 4.74 Å². The van der Waals surface area contributed by atoms with Gasteiger partial charge < -0.3 is 9.84 Å². The molecule has 1 atom stereocenters. The number of hydrogen-bond donors (Lipinski definition) is 1. The SMILES string of the molecule is CCOc1cccc(C(O)c2ccc(Cl)cc2Cl)c1. The van der Waals surface area contributed by atoms with E-state index in [4.69, 9.17) is 27.9 Å². The third kappa shape index (κ3) is 3.41. The molecule has 2 aromatic rings. The van der Waals surface area contributed by atoms with E-state index in [1.54, 1.807) is 24.3 Å². The van der Waals surface area contributed by atoms with E-state index in [0.29, 0.717) is 22.2 Å². The molecule has 1 unspecified atom stereocenters. The number of aliphatic hydroxyl groups excluding tert-OH is 1. The van der Waals surface area contributed by atoms with Crippen LogP contribution in [0.1, 0.15) is 24.2 Å². The predicted molar refractivity (Wildman–Crippen MR) is 78.1 cm³/mol. The summed E-state index contributed by atoms with van der Waals surface area (Å²) in [6.07, 6.45) is -0.801. The van der Waals surface area contributed by atoms with Crippen LogP contribution in [0.3, 0.4) is 0 Å². The number of ether oxygens (including phenoxy) is 1.